The zero-order valence-electron chi connectivity index (χ0n) is 12.4. The zero-order valence-corrected chi connectivity index (χ0v) is 12.4. The average Bonchev–Trinajstić information content (AvgIpc) is 2.91. The maximum atomic E-state index is 9.50. The van der Waals surface area contributed by atoms with Gasteiger partial charge in [-0.1, -0.05) is 11.2 Å². The van der Waals surface area contributed by atoms with Gasteiger partial charge in [0.1, 0.15) is 5.75 Å². The van der Waals surface area contributed by atoms with Crippen molar-refractivity contribution in [3.63, 3.8) is 0 Å². The van der Waals surface area contributed by atoms with E-state index in [4.69, 9.17) is 4.52 Å². The van der Waals surface area contributed by atoms with Gasteiger partial charge in [0.15, 0.2) is 5.82 Å². The normalized spacial score (nSPS) is 20.8. The minimum Gasteiger partial charge on any atom is -0.508 e. The second-order valence-electron chi connectivity index (χ2n) is 5.67. The Morgan fingerprint density at radius 1 is 1.33 bits per heavy atom. The molecule has 6 heteroatoms. The number of likely N-dealkylation sites (N-methyl/N-ethyl adjacent to an activating group) is 2. The van der Waals surface area contributed by atoms with Gasteiger partial charge in [0.25, 0.3) is 5.89 Å². The molecule has 6 nitrogen and oxygen atoms in total. The second-order valence-corrected chi connectivity index (χ2v) is 5.67. The highest BCUT2D eigenvalue weighted by Crippen LogP contribution is 2.22. The van der Waals surface area contributed by atoms with Gasteiger partial charge < -0.3 is 19.4 Å². The minimum atomic E-state index is 0.195. The van der Waals surface area contributed by atoms with Gasteiger partial charge in [-0.15, -0.1) is 0 Å². The number of nitrogens with zero attached hydrogens (tertiary/aromatic N) is 4. The monoisotopic (exact) mass is 288 g/mol. The summed E-state index contributed by atoms with van der Waals surface area (Å²) in [4.78, 5) is 9.10. The highest BCUT2D eigenvalue weighted by atomic mass is 16.5. The summed E-state index contributed by atoms with van der Waals surface area (Å²) in [7, 11) is 4.27. The molecule has 1 N–H and O–H groups in total. The number of benzene rings is 1. The lowest BCUT2D eigenvalue weighted by Gasteiger charge is -2.37. The molecule has 1 aromatic heterocycles. The molecule has 1 saturated heterocycles. The van der Waals surface area contributed by atoms with Gasteiger partial charge in [-0.3, -0.25) is 0 Å². The first-order valence-electron chi connectivity index (χ1n) is 7.12. The first-order chi connectivity index (χ1) is 10.1. The molecule has 0 aliphatic carbocycles. The number of hydrogen-bond acceptors (Lipinski definition) is 6. The predicted octanol–water partition coefficient (Wildman–Crippen LogP) is 1.23. The molecule has 0 amide bonds. The van der Waals surface area contributed by atoms with Crippen molar-refractivity contribution in [2.75, 3.05) is 33.7 Å². The number of phenols is 1. The van der Waals surface area contributed by atoms with Crippen LogP contribution >= 0.6 is 0 Å². The number of aromatic nitrogens is 2. The molecule has 112 valence electrons. The molecule has 1 aliphatic rings. The second kappa shape index (κ2) is 5.83. The van der Waals surface area contributed by atoms with Gasteiger partial charge in [-0.05, 0) is 32.3 Å². The quantitative estimate of drug-likeness (QED) is 0.916. The van der Waals surface area contributed by atoms with Gasteiger partial charge >= 0.3 is 0 Å². The van der Waals surface area contributed by atoms with Crippen LogP contribution in [-0.4, -0.2) is 64.8 Å². The Labute approximate surface area is 124 Å². The standard InChI is InChI=1S/C15H20N4O2/c1-18-6-7-19(2)12(10-18)9-14-16-15(21-17-14)11-4-3-5-13(20)8-11/h3-5,8,12,20H,6-7,9-10H2,1-2H3. The number of aromatic hydroxyl groups is 1. The van der Waals surface area contributed by atoms with Gasteiger partial charge in [0.2, 0.25) is 0 Å². The van der Waals surface area contributed by atoms with E-state index in [1.54, 1.807) is 18.2 Å². The summed E-state index contributed by atoms with van der Waals surface area (Å²) in [5.74, 6) is 1.36. The van der Waals surface area contributed by atoms with Crippen LogP contribution in [0.15, 0.2) is 28.8 Å². The summed E-state index contributed by atoms with van der Waals surface area (Å²) >= 11 is 0. The van der Waals surface area contributed by atoms with Crippen LogP contribution in [-0.2, 0) is 6.42 Å². The summed E-state index contributed by atoms with van der Waals surface area (Å²) < 4.78 is 5.30. The lowest BCUT2D eigenvalue weighted by atomic mass is 10.1. The molecule has 1 fully saturated rings. The zero-order chi connectivity index (χ0) is 14.8. The molecular weight excluding hydrogens is 268 g/mol. The van der Waals surface area contributed by atoms with Gasteiger partial charge in [-0.2, -0.15) is 4.98 Å². The van der Waals surface area contributed by atoms with Crippen molar-refractivity contribution in [1.29, 1.82) is 0 Å². The fourth-order valence-corrected chi connectivity index (χ4v) is 2.63. The number of piperazine rings is 1. The van der Waals surface area contributed by atoms with E-state index in [9.17, 15) is 5.11 Å². The van der Waals surface area contributed by atoms with E-state index >= 15 is 0 Å². The van der Waals surface area contributed by atoms with Crippen LogP contribution in [0.25, 0.3) is 11.5 Å². The highest BCUT2D eigenvalue weighted by Gasteiger charge is 2.24. The van der Waals surface area contributed by atoms with E-state index in [2.05, 4.69) is 34.0 Å². The van der Waals surface area contributed by atoms with Crippen molar-refractivity contribution in [2.45, 2.75) is 12.5 Å². The maximum Gasteiger partial charge on any atom is 0.258 e. The Morgan fingerprint density at radius 3 is 3.00 bits per heavy atom. The smallest absolute Gasteiger partial charge is 0.258 e. The Kier molecular flexibility index (Phi) is 3.90. The summed E-state index contributed by atoms with van der Waals surface area (Å²) in [6.07, 6.45) is 0.767. The van der Waals surface area contributed by atoms with E-state index in [-0.39, 0.29) is 5.75 Å². The third kappa shape index (κ3) is 3.22. The third-order valence-electron chi connectivity index (χ3n) is 3.96. The lowest BCUT2D eigenvalue weighted by molar-refractivity contribution is 0.113. The van der Waals surface area contributed by atoms with Gasteiger partial charge in [0.05, 0.1) is 0 Å². The molecule has 0 radical (unpaired) electrons. The van der Waals surface area contributed by atoms with Gasteiger partial charge in [0, 0.05) is 37.7 Å². The highest BCUT2D eigenvalue weighted by molar-refractivity contribution is 5.55. The lowest BCUT2D eigenvalue weighted by Crippen LogP contribution is -2.50. The molecule has 1 aromatic carbocycles. The molecule has 0 bridgehead atoms. The largest absolute Gasteiger partial charge is 0.508 e. The SMILES string of the molecule is CN1CCN(C)C(Cc2noc(-c3cccc(O)c3)n2)C1. The van der Waals surface area contributed by atoms with Crippen molar-refractivity contribution in [1.82, 2.24) is 19.9 Å². The predicted molar refractivity (Wildman–Crippen MR) is 79.0 cm³/mol. The summed E-state index contributed by atoms with van der Waals surface area (Å²) in [5.41, 5.74) is 0.739. The summed E-state index contributed by atoms with van der Waals surface area (Å²) in [6, 6.07) is 7.25. The minimum absolute atomic E-state index is 0.195. The third-order valence-corrected chi connectivity index (χ3v) is 3.96. The maximum absolute atomic E-state index is 9.50. The Bertz CT molecular complexity index is 613. The molecule has 0 spiro atoms. The van der Waals surface area contributed by atoms with Crippen molar-refractivity contribution in [2.24, 2.45) is 0 Å². The van der Waals surface area contributed by atoms with Crippen LogP contribution in [0.3, 0.4) is 0 Å². The molecule has 1 aliphatic heterocycles. The van der Waals surface area contributed by atoms with Crippen molar-refractivity contribution < 1.29 is 9.63 Å². The molecule has 21 heavy (non-hydrogen) atoms. The summed E-state index contributed by atoms with van der Waals surface area (Å²) in [5, 5.41) is 13.6. The first-order valence-corrected chi connectivity index (χ1v) is 7.12. The number of hydrogen-bond donors (Lipinski definition) is 1. The number of phenolic OH excluding ortho intramolecular Hbond substituents is 1. The molecule has 1 unspecified atom stereocenters. The Balaban J connectivity index is 1.73. The van der Waals surface area contributed by atoms with Crippen molar-refractivity contribution in [3.8, 4) is 17.2 Å². The Morgan fingerprint density at radius 2 is 2.19 bits per heavy atom. The van der Waals surface area contributed by atoms with E-state index in [1.165, 1.54) is 0 Å². The van der Waals surface area contributed by atoms with Gasteiger partial charge in [-0.25, -0.2) is 0 Å². The molecular formula is C15H20N4O2. The van der Waals surface area contributed by atoms with Crippen LogP contribution in [0.1, 0.15) is 5.82 Å². The van der Waals surface area contributed by atoms with Crippen LogP contribution in [0.5, 0.6) is 5.75 Å². The van der Waals surface area contributed by atoms with Crippen LogP contribution in [0.4, 0.5) is 0 Å². The Hall–Kier alpha value is -1.92. The average molecular weight is 288 g/mol. The number of rotatable bonds is 3. The fourth-order valence-electron chi connectivity index (χ4n) is 2.63. The molecule has 2 aromatic rings. The molecule has 1 atom stereocenters. The van der Waals surface area contributed by atoms with E-state index < -0.39 is 0 Å². The molecule has 2 heterocycles. The fraction of sp³-hybridized carbons (Fsp3) is 0.467. The van der Waals surface area contributed by atoms with Crippen LogP contribution in [0.2, 0.25) is 0 Å². The van der Waals surface area contributed by atoms with Crippen molar-refractivity contribution in [3.05, 3.63) is 30.1 Å². The van der Waals surface area contributed by atoms with E-state index in [1.807, 2.05) is 6.07 Å². The van der Waals surface area contributed by atoms with E-state index in [0.29, 0.717) is 17.8 Å². The van der Waals surface area contributed by atoms with Crippen LogP contribution in [0, 0.1) is 0 Å². The van der Waals surface area contributed by atoms with E-state index in [0.717, 1.165) is 31.6 Å². The first kappa shape index (κ1) is 14.0. The molecule has 0 saturated carbocycles. The topological polar surface area (TPSA) is 65.6 Å². The molecule has 3 rings (SSSR count). The van der Waals surface area contributed by atoms with Crippen molar-refractivity contribution >= 4 is 0 Å². The van der Waals surface area contributed by atoms with Crippen LogP contribution < -0.4 is 0 Å². The summed E-state index contributed by atoms with van der Waals surface area (Å²) in [6.45, 7) is 3.15.